The second kappa shape index (κ2) is 6.65. The maximum absolute atomic E-state index is 12.4. The van der Waals surface area contributed by atoms with Crippen LogP contribution in [0.25, 0.3) is 0 Å². The van der Waals surface area contributed by atoms with Crippen LogP contribution in [-0.2, 0) is 0 Å². The molecule has 0 saturated carbocycles. The van der Waals surface area contributed by atoms with Gasteiger partial charge in [0.15, 0.2) is 0 Å². The summed E-state index contributed by atoms with van der Waals surface area (Å²) in [6.07, 6.45) is 0.845. The highest BCUT2D eigenvalue weighted by molar-refractivity contribution is 9.10. The van der Waals surface area contributed by atoms with Crippen molar-refractivity contribution >= 4 is 27.5 Å². The molecule has 0 spiro atoms. The van der Waals surface area contributed by atoms with Crippen LogP contribution in [0.15, 0.2) is 22.7 Å². The van der Waals surface area contributed by atoms with Gasteiger partial charge in [-0.1, -0.05) is 6.92 Å². The van der Waals surface area contributed by atoms with Crippen molar-refractivity contribution in [2.75, 3.05) is 6.54 Å². The van der Waals surface area contributed by atoms with Crippen LogP contribution in [0.4, 0.5) is 5.69 Å². The molecule has 1 rings (SSSR count). The van der Waals surface area contributed by atoms with Gasteiger partial charge in [0.1, 0.15) is 0 Å². The number of nitrogens with zero attached hydrogens (tertiary/aromatic N) is 2. The Labute approximate surface area is 120 Å². The van der Waals surface area contributed by atoms with Gasteiger partial charge in [0, 0.05) is 24.2 Å². The number of nitro groups is 1. The Morgan fingerprint density at radius 1 is 1.47 bits per heavy atom. The number of hydrogen-bond acceptors (Lipinski definition) is 3. The van der Waals surface area contributed by atoms with Crippen LogP contribution in [0.2, 0.25) is 0 Å². The SMILES string of the molecule is CCC(C)N(CC)C(=O)c1ccc(Br)c([N+](=O)[O-])c1. The molecule has 0 aliphatic rings. The van der Waals surface area contributed by atoms with Crippen molar-refractivity contribution in [1.82, 2.24) is 4.90 Å². The molecule has 5 nitrogen and oxygen atoms in total. The predicted molar refractivity (Wildman–Crippen MR) is 77.3 cm³/mol. The highest BCUT2D eigenvalue weighted by atomic mass is 79.9. The van der Waals surface area contributed by atoms with Crippen LogP contribution in [0.1, 0.15) is 37.6 Å². The van der Waals surface area contributed by atoms with E-state index < -0.39 is 4.92 Å². The van der Waals surface area contributed by atoms with E-state index in [1.54, 1.807) is 11.0 Å². The highest BCUT2D eigenvalue weighted by Crippen LogP contribution is 2.26. The first-order valence-electron chi connectivity index (χ1n) is 6.17. The van der Waals surface area contributed by atoms with Crippen molar-refractivity contribution in [1.29, 1.82) is 0 Å². The van der Waals surface area contributed by atoms with E-state index in [0.29, 0.717) is 16.6 Å². The number of carbonyl (C=O) groups excluding carboxylic acids is 1. The van der Waals surface area contributed by atoms with Gasteiger partial charge in [-0.25, -0.2) is 0 Å². The van der Waals surface area contributed by atoms with Gasteiger partial charge in [-0.3, -0.25) is 14.9 Å². The fourth-order valence-corrected chi connectivity index (χ4v) is 2.22. The lowest BCUT2D eigenvalue weighted by atomic mass is 10.1. The van der Waals surface area contributed by atoms with E-state index in [0.717, 1.165) is 6.42 Å². The second-order valence-corrected chi connectivity index (χ2v) is 5.13. The molecule has 0 aliphatic heterocycles. The van der Waals surface area contributed by atoms with E-state index in [-0.39, 0.29) is 17.6 Å². The number of halogens is 1. The Balaban J connectivity index is 3.12. The smallest absolute Gasteiger partial charge is 0.284 e. The summed E-state index contributed by atoms with van der Waals surface area (Å²) in [6.45, 7) is 6.45. The Kier molecular flexibility index (Phi) is 5.47. The minimum absolute atomic E-state index is 0.0916. The van der Waals surface area contributed by atoms with Gasteiger partial charge < -0.3 is 4.90 Å². The molecule has 1 aromatic carbocycles. The number of rotatable bonds is 5. The minimum atomic E-state index is -0.500. The normalized spacial score (nSPS) is 12.0. The molecular formula is C13H17BrN2O3. The lowest BCUT2D eigenvalue weighted by Crippen LogP contribution is -2.38. The highest BCUT2D eigenvalue weighted by Gasteiger charge is 2.22. The average molecular weight is 329 g/mol. The van der Waals surface area contributed by atoms with Gasteiger partial charge >= 0.3 is 0 Å². The molecule has 1 unspecified atom stereocenters. The van der Waals surface area contributed by atoms with Crippen LogP contribution in [0.5, 0.6) is 0 Å². The van der Waals surface area contributed by atoms with Crippen molar-refractivity contribution in [2.45, 2.75) is 33.2 Å². The Morgan fingerprint density at radius 3 is 2.58 bits per heavy atom. The standard InChI is InChI=1S/C13H17BrN2O3/c1-4-9(3)15(5-2)13(17)10-6-7-11(14)12(8-10)16(18)19/h6-9H,4-5H2,1-3H3. The first-order valence-corrected chi connectivity index (χ1v) is 6.96. The van der Waals surface area contributed by atoms with Gasteiger partial charge in [-0.2, -0.15) is 0 Å². The summed E-state index contributed by atoms with van der Waals surface area (Å²) in [6, 6.07) is 4.57. The van der Waals surface area contributed by atoms with Gasteiger partial charge in [0.25, 0.3) is 11.6 Å². The quantitative estimate of drug-likeness (QED) is 0.612. The molecule has 0 aliphatic carbocycles. The van der Waals surface area contributed by atoms with E-state index in [9.17, 15) is 14.9 Å². The first kappa shape index (κ1) is 15.6. The topological polar surface area (TPSA) is 63.5 Å². The Bertz CT molecular complexity index is 491. The number of amides is 1. The van der Waals surface area contributed by atoms with Crippen LogP contribution in [0.3, 0.4) is 0 Å². The third kappa shape index (κ3) is 3.53. The van der Waals surface area contributed by atoms with Gasteiger partial charge in [0.05, 0.1) is 9.40 Å². The van der Waals surface area contributed by atoms with Crippen LogP contribution < -0.4 is 0 Å². The van der Waals surface area contributed by atoms with E-state index in [4.69, 9.17) is 0 Å². The van der Waals surface area contributed by atoms with Crippen molar-refractivity contribution in [3.8, 4) is 0 Å². The molecule has 19 heavy (non-hydrogen) atoms. The molecule has 0 N–H and O–H groups in total. The summed E-state index contributed by atoms with van der Waals surface area (Å²) in [5.41, 5.74) is 0.253. The van der Waals surface area contributed by atoms with Crippen LogP contribution >= 0.6 is 15.9 Å². The third-order valence-electron chi connectivity index (χ3n) is 3.11. The lowest BCUT2D eigenvalue weighted by molar-refractivity contribution is -0.385. The van der Waals surface area contributed by atoms with Crippen molar-refractivity contribution < 1.29 is 9.72 Å². The maximum Gasteiger partial charge on any atom is 0.284 e. The van der Waals surface area contributed by atoms with Crippen LogP contribution in [-0.4, -0.2) is 28.3 Å². The molecule has 0 saturated heterocycles. The molecule has 1 amide bonds. The van der Waals surface area contributed by atoms with Crippen molar-refractivity contribution in [3.63, 3.8) is 0 Å². The summed E-state index contributed by atoms with van der Waals surface area (Å²) in [4.78, 5) is 24.4. The van der Waals surface area contributed by atoms with E-state index >= 15 is 0 Å². The summed E-state index contributed by atoms with van der Waals surface area (Å²) in [5.74, 6) is -0.174. The van der Waals surface area contributed by atoms with Gasteiger partial charge in [0.2, 0.25) is 0 Å². The van der Waals surface area contributed by atoms with Gasteiger partial charge in [-0.05, 0) is 48.3 Å². The maximum atomic E-state index is 12.4. The monoisotopic (exact) mass is 328 g/mol. The predicted octanol–water partition coefficient (Wildman–Crippen LogP) is 3.62. The average Bonchev–Trinajstić information content (AvgIpc) is 2.39. The Hall–Kier alpha value is -1.43. The molecular weight excluding hydrogens is 312 g/mol. The Morgan fingerprint density at radius 2 is 2.11 bits per heavy atom. The summed E-state index contributed by atoms with van der Waals surface area (Å²) < 4.78 is 0.376. The number of hydrogen-bond donors (Lipinski definition) is 0. The molecule has 0 aromatic heterocycles. The molecule has 0 bridgehead atoms. The summed E-state index contributed by atoms with van der Waals surface area (Å²) in [5, 5.41) is 10.9. The lowest BCUT2D eigenvalue weighted by Gasteiger charge is -2.27. The van der Waals surface area contributed by atoms with Gasteiger partial charge in [-0.15, -0.1) is 0 Å². The van der Waals surface area contributed by atoms with Crippen LogP contribution in [0, 0.1) is 10.1 Å². The van der Waals surface area contributed by atoms with Crippen molar-refractivity contribution in [2.24, 2.45) is 0 Å². The molecule has 0 heterocycles. The summed E-state index contributed by atoms with van der Waals surface area (Å²) >= 11 is 3.11. The fraction of sp³-hybridized carbons (Fsp3) is 0.462. The molecule has 0 fully saturated rings. The zero-order valence-electron chi connectivity index (χ0n) is 11.2. The number of benzene rings is 1. The molecule has 0 radical (unpaired) electrons. The van der Waals surface area contributed by atoms with E-state index in [1.807, 2.05) is 20.8 Å². The minimum Gasteiger partial charge on any atom is -0.336 e. The van der Waals surface area contributed by atoms with Crippen molar-refractivity contribution in [3.05, 3.63) is 38.3 Å². The molecule has 1 aromatic rings. The second-order valence-electron chi connectivity index (χ2n) is 4.27. The zero-order chi connectivity index (χ0) is 14.6. The molecule has 104 valence electrons. The third-order valence-corrected chi connectivity index (χ3v) is 3.78. The number of nitro benzene ring substituents is 1. The summed E-state index contributed by atoms with van der Waals surface area (Å²) in [7, 11) is 0. The van der Waals surface area contributed by atoms with E-state index in [2.05, 4.69) is 15.9 Å². The zero-order valence-corrected chi connectivity index (χ0v) is 12.8. The molecule has 1 atom stereocenters. The van der Waals surface area contributed by atoms with E-state index in [1.165, 1.54) is 12.1 Å². The molecule has 6 heteroatoms. The number of carbonyl (C=O) groups is 1. The first-order chi connectivity index (χ1) is 8.92. The largest absolute Gasteiger partial charge is 0.336 e. The fourth-order valence-electron chi connectivity index (χ4n) is 1.83.